The Labute approximate surface area is 174 Å². The van der Waals surface area contributed by atoms with Gasteiger partial charge < -0.3 is 0 Å². The van der Waals surface area contributed by atoms with E-state index in [4.69, 9.17) is 0 Å². The molecular formula is C21H14FN5O2S. The van der Waals surface area contributed by atoms with Gasteiger partial charge in [-0.3, -0.25) is 15.1 Å². The van der Waals surface area contributed by atoms with Crippen LogP contribution < -0.4 is 4.80 Å². The highest BCUT2D eigenvalue weighted by Gasteiger charge is 2.15. The predicted octanol–water partition coefficient (Wildman–Crippen LogP) is 4.77. The molecule has 0 aliphatic rings. The Morgan fingerprint density at radius 2 is 1.83 bits per heavy atom. The maximum absolute atomic E-state index is 14.4. The summed E-state index contributed by atoms with van der Waals surface area (Å²) in [6.45, 7) is 0. The molecule has 30 heavy (non-hydrogen) atoms. The van der Waals surface area contributed by atoms with Crippen LogP contribution >= 0.6 is 11.3 Å². The van der Waals surface area contributed by atoms with Crippen LogP contribution in [-0.4, -0.2) is 20.8 Å². The van der Waals surface area contributed by atoms with Crippen LogP contribution in [0.15, 0.2) is 88.4 Å². The summed E-state index contributed by atoms with van der Waals surface area (Å²) in [5.74, 6) is -0.408. The zero-order valence-electron chi connectivity index (χ0n) is 15.4. The Balaban J connectivity index is 1.91. The third kappa shape index (κ3) is 4.06. The second kappa shape index (κ2) is 8.58. The van der Waals surface area contributed by atoms with Gasteiger partial charge in [-0.1, -0.05) is 30.3 Å². The fraction of sp³-hybridized carbons (Fsp3) is 0. The van der Waals surface area contributed by atoms with Crippen molar-refractivity contribution in [2.24, 2.45) is 10.1 Å². The lowest BCUT2D eigenvalue weighted by Crippen LogP contribution is -2.12. The summed E-state index contributed by atoms with van der Waals surface area (Å²) >= 11 is 1.20. The minimum Gasteiger partial charge on any atom is -0.258 e. The number of nitrogens with zero attached hydrogens (tertiary/aromatic N) is 5. The van der Waals surface area contributed by atoms with Gasteiger partial charge in [-0.2, -0.15) is 5.10 Å². The van der Waals surface area contributed by atoms with Crippen LogP contribution in [0.3, 0.4) is 0 Å². The number of benzene rings is 2. The summed E-state index contributed by atoms with van der Waals surface area (Å²) in [7, 11) is 0. The van der Waals surface area contributed by atoms with E-state index in [9.17, 15) is 14.5 Å². The van der Waals surface area contributed by atoms with Crippen LogP contribution in [0.2, 0.25) is 0 Å². The number of para-hydroxylation sites is 2. The fourth-order valence-corrected chi connectivity index (χ4v) is 3.57. The van der Waals surface area contributed by atoms with Crippen LogP contribution in [0.25, 0.3) is 11.3 Å². The third-order valence-corrected chi connectivity index (χ3v) is 4.94. The molecule has 0 amide bonds. The van der Waals surface area contributed by atoms with Crippen molar-refractivity contribution in [1.29, 1.82) is 0 Å². The van der Waals surface area contributed by atoms with Gasteiger partial charge in [-0.25, -0.2) is 14.1 Å². The predicted molar refractivity (Wildman–Crippen MR) is 113 cm³/mol. The molecule has 0 saturated heterocycles. The van der Waals surface area contributed by atoms with Crippen LogP contribution in [0.4, 0.5) is 15.8 Å². The zero-order chi connectivity index (χ0) is 20.9. The van der Waals surface area contributed by atoms with Crippen molar-refractivity contribution < 1.29 is 9.31 Å². The van der Waals surface area contributed by atoms with E-state index in [1.54, 1.807) is 60.1 Å². The van der Waals surface area contributed by atoms with Crippen molar-refractivity contribution in [3.8, 4) is 11.3 Å². The van der Waals surface area contributed by atoms with Crippen LogP contribution in [0, 0.1) is 15.9 Å². The molecule has 4 rings (SSSR count). The first kappa shape index (κ1) is 19.3. The molecule has 0 atom stereocenters. The average Bonchev–Trinajstić information content (AvgIpc) is 3.15. The molecule has 148 valence electrons. The number of rotatable bonds is 5. The molecule has 0 unspecified atom stereocenters. The molecule has 2 aromatic carbocycles. The third-order valence-electron chi connectivity index (χ3n) is 4.12. The molecule has 0 bridgehead atoms. The first-order valence-electron chi connectivity index (χ1n) is 8.82. The molecule has 0 fully saturated rings. The van der Waals surface area contributed by atoms with E-state index in [1.807, 2.05) is 6.07 Å². The summed E-state index contributed by atoms with van der Waals surface area (Å²) in [6, 6.07) is 17.9. The number of nitro benzene ring substituents is 1. The van der Waals surface area contributed by atoms with Crippen molar-refractivity contribution >= 4 is 28.9 Å². The van der Waals surface area contributed by atoms with E-state index in [2.05, 4.69) is 15.1 Å². The molecule has 9 heteroatoms. The van der Waals surface area contributed by atoms with Gasteiger partial charge in [-0.05, 0) is 30.3 Å². The minimum absolute atomic E-state index is 0.126. The number of pyridine rings is 1. The normalized spacial score (nSPS) is 11.8. The lowest BCUT2D eigenvalue weighted by molar-refractivity contribution is -0.384. The average molecular weight is 419 g/mol. The largest absolute Gasteiger partial charge is 0.294 e. The van der Waals surface area contributed by atoms with E-state index in [-0.39, 0.29) is 11.4 Å². The number of nitro groups is 1. The van der Waals surface area contributed by atoms with Crippen molar-refractivity contribution in [3.63, 3.8) is 0 Å². The molecule has 0 spiro atoms. The molecule has 0 radical (unpaired) electrons. The molecule has 4 aromatic rings. The standard InChI is InChI=1S/C21H14FN5O2S/c22-17-9-2-1-8-16(17)20-14-30-21(25-18-10-3-4-11-19(18)27(28)29)26(20)24-13-15-7-5-6-12-23-15/h1-14H/b24-13+,25-21?. The smallest absolute Gasteiger partial charge is 0.258 e. The maximum Gasteiger partial charge on any atom is 0.294 e. The molecular weight excluding hydrogens is 405 g/mol. The van der Waals surface area contributed by atoms with Crippen LogP contribution in [0.1, 0.15) is 5.69 Å². The number of hydrogen-bond donors (Lipinski definition) is 0. The Morgan fingerprint density at radius 3 is 2.60 bits per heavy atom. The summed E-state index contributed by atoms with van der Waals surface area (Å²) in [6.07, 6.45) is 3.16. The van der Waals surface area contributed by atoms with Gasteiger partial charge in [-0.15, -0.1) is 11.3 Å². The van der Waals surface area contributed by atoms with E-state index >= 15 is 0 Å². The molecule has 0 saturated carbocycles. The molecule has 0 aliphatic carbocycles. The number of aromatic nitrogens is 2. The van der Waals surface area contributed by atoms with Gasteiger partial charge >= 0.3 is 0 Å². The van der Waals surface area contributed by atoms with Gasteiger partial charge in [0.2, 0.25) is 4.80 Å². The minimum atomic E-state index is -0.494. The summed E-state index contributed by atoms with van der Waals surface area (Å²) in [5, 5.41) is 17.5. The maximum atomic E-state index is 14.4. The molecule has 2 heterocycles. The first-order chi connectivity index (χ1) is 14.6. The quantitative estimate of drug-likeness (QED) is 0.265. The SMILES string of the molecule is O=[N+]([O-])c1ccccc1N=c1scc(-c2ccccc2F)n1/N=C/c1ccccn1. The van der Waals surface area contributed by atoms with Gasteiger partial charge in [0, 0.05) is 23.2 Å². The van der Waals surface area contributed by atoms with E-state index in [0.29, 0.717) is 21.8 Å². The molecule has 0 aliphatic heterocycles. The van der Waals surface area contributed by atoms with E-state index < -0.39 is 10.7 Å². The number of thiazole rings is 1. The highest BCUT2D eigenvalue weighted by Crippen LogP contribution is 2.27. The van der Waals surface area contributed by atoms with Crippen molar-refractivity contribution in [3.05, 3.63) is 105 Å². The van der Waals surface area contributed by atoms with Gasteiger partial charge in [0.05, 0.1) is 22.5 Å². The monoisotopic (exact) mass is 419 g/mol. The van der Waals surface area contributed by atoms with E-state index in [1.165, 1.54) is 34.4 Å². The van der Waals surface area contributed by atoms with Crippen molar-refractivity contribution in [2.45, 2.75) is 0 Å². The Morgan fingerprint density at radius 1 is 1.07 bits per heavy atom. The molecule has 2 aromatic heterocycles. The van der Waals surface area contributed by atoms with Crippen molar-refractivity contribution in [1.82, 2.24) is 9.66 Å². The second-order valence-corrected chi connectivity index (χ2v) is 6.89. The Kier molecular flexibility index (Phi) is 5.53. The highest BCUT2D eigenvalue weighted by atomic mass is 32.1. The summed E-state index contributed by atoms with van der Waals surface area (Å²) in [4.78, 5) is 19.8. The summed E-state index contributed by atoms with van der Waals surface area (Å²) in [5.41, 5.74) is 1.48. The van der Waals surface area contributed by atoms with Crippen LogP contribution in [-0.2, 0) is 0 Å². The lowest BCUT2D eigenvalue weighted by atomic mass is 10.1. The Hall–Kier alpha value is -3.98. The van der Waals surface area contributed by atoms with E-state index in [0.717, 1.165) is 0 Å². The Bertz CT molecular complexity index is 1300. The fourth-order valence-electron chi connectivity index (χ4n) is 2.73. The van der Waals surface area contributed by atoms with Gasteiger partial charge in [0.1, 0.15) is 11.5 Å². The van der Waals surface area contributed by atoms with Crippen LogP contribution in [0.5, 0.6) is 0 Å². The molecule has 7 nitrogen and oxygen atoms in total. The molecule has 0 N–H and O–H groups in total. The van der Waals surface area contributed by atoms with Gasteiger partial charge in [0.25, 0.3) is 5.69 Å². The summed E-state index contributed by atoms with van der Waals surface area (Å²) < 4.78 is 15.9. The lowest BCUT2D eigenvalue weighted by Gasteiger charge is -2.04. The zero-order valence-corrected chi connectivity index (χ0v) is 16.2. The first-order valence-corrected chi connectivity index (χ1v) is 9.70. The van der Waals surface area contributed by atoms with Crippen molar-refractivity contribution in [2.75, 3.05) is 0 Å². The number of hydrogen-bond acceptors (Lipinski definition) is 6. The van der Waals surface area contributed by atoms with Gasteiger partial charge in [0.15, 0.2) is 0 Å². The number of halogens is 1. The highest BCUT2D eigenvalue weighted by molar-refractivity contribution is 7.07. The second-order valence-electron chi connectivity index (χ2n) is 6.05. The topological polar surface area (TPSA) is 85.7 Å².